The van der Waals surface area contributed by atoms with Gasteiger partial charge in [0.15, 0.2) is 0 Å². The molecular weight excluding hydrogens is 178 g/mol. The third-order valence-corrected chi connectivity index (χ3v) is 1.46. The molecule has 0 unspecified atom stereocenters. The van der Waals surface area contributed by atoms with Crippen LogP contribution in [-0.4, -0.2) is 5.97 Å². The highest BCUT2D eigenvalue weighted by atomic mass is 16.5. The monoisotopic (exact) mass is 187 g/mol. The number of nitriles is 1. The minimum absolute atomic E-state index is 0.00343. The lowest BCUT2D eigenvalue weighted by Crippen LogP contribution is -1.96. The number of hydrogen-bond acceptors (Lipinski definition) is 3. The first-order valence-electron chi connectivity index (χ1n) is 4.07. The van der Waals surface area contributed by atoms with Crippen LogP contribution in [0.5, 0.6) is 0 Å². The summed E-state index contributed by atoms with van der Waals surface area (Å²) in [6.45, 7) is 1.26. The summed E-state index contributed by atoms with van der Waals surface area (Å²) in [5.41, 5.74) is 0.824. The zero-order valence-corrected chi connectivity index (χ0v) is 7.73. The largest absolute Gasteiger partial charge is 0.415 e. The number of carbonyl (C=O) groups is 1. The Labute approximate surface area is 82.2 Å². The van der Waals surface area contributed by atoms with Crippen LogP contribution >= 0.6 is 0 Å². The summed E-state index contributed by atoms with van der Waals surface area (Å²) >= 11 is 0. The Morgan fingerprint density at radius 2 is 2.07 bits per heavy atom. The van der Waals surface area contributed by atoms with Crippen molar-refractivity contribution in [1.29, 1.82) is 5.26 Å². The molecule has 0 saturated carbocycles. The summed E-state index contributed by atoms with van der Waals surface area (Å²) in [6, 6.07) is 11.0. The van der Waals surface area contributed by atoms with Gasteiger partial charge in [-0.1, -0.05) is 30.3 Å². The fraction of sp³-hybridized carbons (Fsp3) is 0.0909. The number of allylic oxidation sites excluding steroid dienone is 1. The number of esters is 1. The fourth-order valence-corrected chi connectivity index (χ4v) is 0.940. The fourth-order valence-electron chi connectivity index (χ4n) is 0.940. The zero-order chi connectivity index (χ0) is 10.4. The van der Waals surface area contributed by atoms with Gasteiger partial charge in [-0.25, -0.2) is 0 Å². The zero-order valence-electron chi connectivity index (χ0n) is 7.73. The van der Waals surface area contributed by atoms with Crippen molar-refractivity contribution in [3.63, 3.8) is 0 Å². The molecule has 0 heterocycles. The molecule has 1 rings (SSSR count). The van der Waals surface area contributed by atoms with E-state index in [1.807, 2.05) is 30.3 Å². The number of nitrogens with zero attached hydrogens (tertiary/aromatic N) is 1. The summed E-state index contributed by atoms with van der Waals surface area (Å²) in [5, 5.41) is 8.64. The first-order chi connectivity index (χ1) is 6.72. The lowest BCUT2D eigenvalue weighted by atomic mass is 10.2. The van der Waals surface area contributed by atoms with Crippen molar-refractivity contribution in [3.05, 3.63) is 41.7 Å². The molecule has 0 spiro atoms. The molecule has 1 aromatic carbocycles. The second-order valence-electron chi connectivity index (χ2n) is 2.62. The molecule has 0 aliphatic heterocycles. The quantitative estimate of drug-likeness (QED) is 0.404. The van der Waals surface area contributed by atoms with E-state index in [2.05, 4.69) is 4.74 Å². The lowest BCUT2D eigenvalue weighted by molar-refractivity contribution is -0.136. The van der Waals surface area contributed by atoms with Gasteiger partial charge >= 0.3 is 5.97 Å². The SMILES string of the molecule is CC(=O)O/C(C#N)=C/c1ccccc1. The van der Waals surface area contributed by atoms with E-state index in [4.69, 9.17) is 5.26 Å². The van der Waals surface area contributed by atoms with Crippen LogP contribution < -0.4 is 0 Å². The molecule has 0 aliphatic rings. The maximum absolute atomic E-state index is 10.6. The normalized spacial score (nSPS) is 10.4. The highest BCUT2D eigenvalue weighted by Gasteiger charge is 1.99. The first kappa shape index (κ1) is 10.0. The van der Waals surface area contributed by atoms with Gasteiger partial charge in [-0.2, -0.15) is 5.26 Å². The Morgan fingerprint density at radius 3 is 2.57 bits per heavy atom. The summed E-state index contributed by atoms with van der Waals surface area (Å²) in [7, 11) is 0. The van der Waals surface area contributed by atoms with Gasteiger partial charge in [0.2, 0.25) is 5.76 Å². The van der Waals surface area contributed by atoms with E-state index < -0.39 is 5.97 Å². The van der Waals surface area contributed by atoms with E-state index in [0.717, 1.165) is 5.56 Å². The van der Waals surface area contributed by atoms with Crippen molar-refractivity contribution in [1.82, 2.24) is 0 Å². The maximum Gasteiger partial charge on any atom is 0.308 e. The molecule has 0 N–H and O–H groups in total. The van der Waals surface area contributed by atoms with Crippen LogP contribution in [0.25, 0.3) is 6.08 Å². The smallest absolute Gasteiger partial charge is 0.308 e. The number of rotatable bonds is 2. The van der Waals surface area contributed by atoms with Crippen molar-refractivity contribution in [2.75, 3.05) is 0 Å². The van der Waals surface area contributed by atoms with Crippen molar-refractivity contribution < 1.29 is 9.53 Å². The first-order valence-corrected chi connectivity index (χ1v) is 4.07. The molecule has 3 nitrogen and oxygen atoms in total. The van der Waals surface area contributed by atoms with E-state index in [9.17, 15) is 4.79 Å². The molecule has 0 fully saturated rings. The summed E-state index contributed by atoms with van der Waals surface area (Å²) in [4.78, 5) is 10.6. The van der Waals surface area contributed by atoms with Gasteiger partial charge in [-0.05, 0) is 11.6 Å². The van der Waals surface area contributed by atoms with Crippen LogP contribution in [0.1, 0.15) is 12.5 Å². The predicted octanol–water partition coefficient (Wildman–Crippen LogP) is 2.11. The summed E-state index contributed by atoms with van der Waals surface area (Å²) < 4.78 is 4.66. The minimum atomic E-state index is -0.492. The number of carbonyl (C=O) groups excluding carboxylic acids is 1. The van der Waals surface area contributed by atoms with Crippen molar-refractivity contribution in [2.45, 2.75) is 6.92 Å². The van der Waals surface area contributed by atoms with E-state index in [1.165, 1.54) is 13.0 Å². The Balaban J connectivity index is 2.86. The van der Waals surface area contributed by atoms with Gasteiger partial charge in [-0.3, -0.25) is 4.79 Å². The van der Waals surface area contributed by atoms with Crippen molar-refractivity contribution in [2.24, 2.45) is 0 Å². The van der Waals surface area contributed by atoms with Gasteiger partial charge in [0, 0.05) is 6.92 Å². The Bertz CT molecular complexity index is 387. The van der Waals surface area contributed by atoms with Gasteiger partial charge in [-0.15, -0.1) is 0 Å². The molecule has 0 bridgehead atoms. The summed E-state index contributed by atoms with van der Waals surface area (Å²) in [5.74, 6) is -0.488. The molecule has 0 saturated heterocycles. The Kier molecular flexibility index (Phi) is 3.45. The van der Waals surface area contributed by atoms with Crippen LogP contribution in [0.3, 0.4) is 0 Å². The standard InChI is InChI=1S/C11H9NO2/c1-9(13)14-11(8-12)7-10-5-3-2-4-6-10/h2-7H,1H3/b11-7+. The van der Waals surface area contributed by atoms with Crippen LogP contribution in [-0.2, 0) is 9.53 Å². The third-order valence-electron chi connectivity index (χ3n) is 1.46. The number of ether oxygens (including phenoxy) is 1. The average molecular weight is 187 g/mol. The maximum atomic E-state index is 10.6. The molecule has 14 heavy (non-hydrogen) atoms. The van der Waals surface area contributed by atoms with Crippen molar-refractivity contribution in [3.8, 4) is 6.07 Å². The molecule has 3 heteroatoms. The van der Waals surface area contributed by atoms with E-state index >= 15 is 0 Å². The number of benzene rings is 1. The number of hydrogen-bond donors (Lipinski definition) is 0. The minimum Gasteiger partial charge on any atom is -0.415 e. The topological polar surface area (TPSA) is 50.1 Å². The van der Waals surface area contributed by atoms with Gasteiger partial charge in [0.1, 0.15) is 6.07 Å². The van der Waals surface area contributed by atoms with Gasteiger partial charge in [0.25, 0.3) is 0 Å². The van der Waals surface area contributed by atoms with Crippen LogP contribution in [0.2, 0.25) is 0 Å². The highest BCUT2D eigenvalue weighted by molar-refractivity contribution is 5.70. The lowest BCUT2D eigenvalue weighted by Gasteiger charge is -1.97. The molecular formula is C11H9NO2. The average Bonchev–Trinajstić information content (AvgIpc) is 2.17. The molecule has 0 aromatic heterocycles. The second kappa shape index (κ2) is 4.83. The Morgan fingerprint density at radius 1 is 1.43 bits per heavy atom. The van der Waals surface area contributed by atoms with Gasteiger partial charge < -0.3 is 4.74 Å². The van der Waals surface area contributed by atoms with E-state index in [0.29, 0.717) is 0 Å². The van der Waals surface area contributed by atoms with Gasteiger partial charge in [0.05, 0.1) is 0 Å². The molecule has 0 aliphatic carbocycles. The molecule has 1 aromatic rings. The van der Waals surface area contributed by atoms with Crippen LogP contribution in [0.4, 0.5) is 0 Å². The molecule has 0 atom stereocenters. The van der Waals surface area contributed by atoms with Crippen LogP contribution in [0, 0.1) is 11.3 Å². The van der Waals surface area contributed by atoms with Crippen LogP contribution in [0.15, 0.2) is 36.1 Å². The Hall–Kier alpha value is -2.08. The molecule has 0 radical (unpaired) electrons. The molecule has 0 amide bonds. The third kappa shape index (κ3) is 3.11. The second-order valence-corrected chi connectivity index (χ2v) is 2.62. The van der Waals surface area contributed by atoms with Crippen molar-refractivity contribution >= 4 is 12.0 Å². The highest BCUT2D eigenvalue weighted by Crippen LogP contribution is 2.06. The predicted molar refractivity (Wildman–Crippen MR) is 51.8 cm³/mol. The van der Waals surface area contributed by atoms with E-state index in [-0.39, 0.29) is 5.76 Å². The summed E-state index contributed by atoms with van der Waals surface area (Å²) in [6.07, 6.45) is 1.52. The van der Waals surface area contributed by atoms with E-state index in [1.54, 1.807) is 6.07 Å². The molecule has 70 valence electrons.